The molecular formula is C17H18ClNO4. The smallest absolute Gasteiger partial charge is 0.255 e. The van der Waals surface area contributed by atoms with Gasteiger partial charge in [-0.3, -0.25) is 4.79 Å². The highest BCUT2D eigenvalue weighted by Crippen LogP contribution is 2.39. The van der Waals surface area contributed by atoms with Crippen molar-refractivity contribution >= 4 is 17.5 Å². The molecule has 0 heterocycles. The van der Waals surface area contributed by atoms with E-state index < -0.39 is 0 Å². The van der Waals surface area contributed by atoms with Crippen LogP contribution in [0.25, 0.3) is 0 Å². The summed E-state index contributed by atoms with van der Waals surface area (Å²) in [5.74, 6) is 0.930. The standard InChI is InChI=1S/C17H18ClNO4/c1-21-14-8-7-13(15(22-2)16(14)23-3)17(20)19-10-11-5-4-6-12(18)9-11/h4-9H,10H2,1-3H3,(H,19,20). The third-order valence-electron chi connectivity index (χ3n) is 3.29. The topological polar surface area (TPSA) is 56.8 Å². The molecule has 1 amide bonds. The van der Waals surface area contributed by atoms with Crippen molar-refractivity contribution in [2.75, 3.05) is 21.3 Å². The number of carbonyl (C=O) groups excluding carboxylic acids is 1. The number of methoxy groups -OCH3 is 3. The summed E-state index contributed by atoms with van der Waals surface area (Å²) in [5.41, 5.74) is 1.28. The van der Waals surface area contributed by atoms with E-state index in [9.17, 15) is 4.79 Å². The fourth-order valence-electron chi connectivity index (χ4n) is 2.20. The van der Waals surface area contributed by atoms with Gasteiger partial charge in [0.05, 0.1) is 26.9 Å². The van der Waals surface area contributed by atoms with Crippen LogP contribution in [0.1, 0.15) is 15.9 Å². The van der Waals surface area contributed by atoms with Crippen LogP contribution in [-0.4, -0.2) is 27.2 Å². The molecule has 0 aliphatic rings. The van der Waals surface area contributed by atoms with Gasteiger partial charge < -0.3 is 19.5 Å². The molecule has 0 aliphatic carbocycles. The summed E-state index contributed by atoms with van der Waals surface area (Å²) >= 11 is 5.93. The van der Waals surface area contributed by atoms with Crippen molar-refractivity contribution in [3.8, 4) is 17.2 Å². The third kappa shape index (κ3) is 3.87. The minimum Gasteiger partial charge on any atom is -0.493 e. The summed E-state index contributed by atoms with van der Waals surface area (Å²) in [6.45, 7) is 0.358. The lowest BCUT2D eigenvalue weighted by molar-refractivity contribution is 0.0947. The van der Waals surface area contributed by atoms with Crippen LogP contribution in [0.15, 0.2) is 36.4 Å². The monoisotopic (exact) mass is 335 g/mol. The average molecular weight is 336 g/mol. The first-order valence-corrected chi connectivity index (χ1v) is 7.30. The van der Waals surface area contributed by atoms with Crippen LogP contribution in [-0.2, 0) is 6.54 Å². The fraction of sp³-hybridized carbons (Fsp3) is 0.235. The zero-order valence-electron chi connectivity index (χ0n) is 13.2. The molecule has 0 fully saturated rings. The molecule has 2 aromatic rings. The number of benzene rings is 2. The van der Waals surface area contributed by atoms with E-state index in [2.05, 4.69) is 5.32 Å². The van der Waals surface area contributed by atoms with Gasteiger partial charge in [-0.2, -0.15) is 0 Å². The highest BCUT2D eigenvalue weighted by atomic mass is 35.5. The number of carbonyl (C=O) groups is 1. The summed E-state index contributed by atoms with van der Waals surface area (Å²) in [6, 6.07) is 10.6. The molecule has 0 aromatic heterocycles. The molecule has 0 saturated carbocycles. The predicted molar refractivity (Wildman–Crippen MR) is 88.7 cm³/mol. The largest absolute Gasteiger partial charge is 0.493 e. The third-order valence-corrected chi connectivity index (χ3v) is 3.53. The summed E-state index contributed by atoms with van der Waals surface area (Å²) in [7, 11) is 4.50. The van der Waals surface area contributed by atoms with Crippen LogP contribution in [0.3, 0.4) is 0 Å². The number of halogens is 1. The molecule has 0 unspecified atom stereocenters. The Kier molecular flexibility index (Phi) is 5.71. The van der Waals surface area contributed by atoms with Crippen LogP contribution in [0.5, 0.6) is 17.2 Å². The summed E-state index contributed by atoms with van der Waals surface area (Å²) in [6.07, 6.45) is 0. The number of amides is 1. The Morgan fingerprint density at radius 3 is 2.39 bits per heavy atom. The first kappa shape index (κ1) is 17.0. The average Bonchev–Trinajstić information content (AvgIpc) is 2.58. The van der Waals surface area contributed by atoms with Crippen molar-refractivity contribution in [2.24, 2.45) is 0 Å². The molecule has 6 heteroatoms. The van der Waals surface area contributed by atoms with Crippen LogP contribution >= 0.6 is 11.6 Å². The van der Waals surface area contributed by atoms with Crippen molar-refractivity contribution < 1.29 is 19.0 Å². The maximum absolute atomic E-state index is 12.4. The second kappa shape index (κ2) is 7.74. The van der Waals surface area contributed by atoms with Crippen LogP contribution in [0.4, 0.5) is 0 Å². The Morgan fingerprint density at radius 1 is 1.04 bits per heavy atom. The molecule has 23 heavy (non-hydrogen) atoms. The maximum Gasteiger partial charge on any atom is 0.255 e. The number of nitrogens with one attached hydrogen (secondary N) is 1. The molecule has 1 N–H and O–H groups in total. The van der Waals surface area contributed by atoms with Crippen molar-refractivity contribution in [3.05, 3.63) is 52.5 Å². The van der Waals surface area contributed by atoms with E-state index in [4.69, 9.17) is 25.8 Å². The van der Waals surface area contributed by atoms with E-state index in [0.717, 1.165) is 5.56 Å². The van der Waals surface area contributed by atoms with E-state index in [-0.39, 0.29) is 5.91 Å². The molecule has 0 bridgehead atoms. The minimum atomic E-state index is -0.275. The van der Waals surface area contributed by atoms with E-state index in [0.29, 0.717) is 34.4 Å². The van der Waals surface area contributed by atoms with Gasteiger partial charge in [0.1, 0.15) is 0 Å². The number of hydrogen-bond acceptors (Lipinski definition) is 4. The second-order valence-electron chi connectivity index (χ2n) is 4.69. The molecular weight excluding hydrogens is 318 g/mol. The Hall–Kier alpha value is -2.40. The van der Waals surface area contributed by atoms with E-state index >= 15 is 0 Å². The van der Waals surface area contributed by atoms with E-state index in [1.807, 2.05) is 12.1 Å². The van der Waals surface area contributed by atoms with Gasteiger partial charge in [-0.05, 0) is 29.8 Å². The molecule has 5 nitrogen and oxygen atoms in total. The number of ether oxygens (including phenoxy) is 3. The zero-order valence-corrected chi connectivity index (χ0v) is 13.9. The quantitative estimate of drug-likeness (QED) is 0.880. The van der Waals surface area contributed by atoms with Crippen LogP contribution in [0.2, 0.25) is 5.02 Å². The van der Waals surface area contributed by atoms with Gasteiger partial charge in [-0.25, -0.2) is 0 Å². The molecule has 0 atom stereocenters. The normalized spacial score (nSPS) is 10.1. The van der Waals surface area contributed by atoms with Gasteiger partial charge in [0, 0.05) is 11.6 Å². The molecule has 0 spiro atoms. The van der Waals surface area contributed by atoms with Crippen LogP contribution in [0, 0.1) is 0 Å². The lowest BCUT2D eigenvalue weighted by Gasteiger charge is -2.15. The maximum atomic E-state index is 12.4. The van der Waals surface area contributed by atoms with Gasteiger partial charge >= 0.3 is 0 Å². The predicted octanol–water partition coefficient (Wildman–Crippen LogP) is 3.30. The van der Waals surface area contributed by atoms with Crippen molar-refractivity contribution in [2.45, 2.75) is 6.54 Å². The summed E-state index contributed by atoms with van der Waals surface area (Å²) in [5, 5.41) is 3.46. The SMILES string of the molecule is COc1ccc(C(=O)NCc2cccc(Cl)c2)c(OC)c1OC. The van der Waals surface area contributed by atoms with Crippen molar-refractivity contribution in [1.29, 1.82) is 0 Å². The molecule has 2 aromatic carbocycles. The van der Waals surface area contributed by atoms with Crippen molar-refractivity contribution in [3.63, 3.8) is 0 Å². The highest BCUT2D eigenvalue weighted by molar-refractivity contribution is 6.30. The van der Waals surface area contributed by atoms with E-state index in [1.54, 1.807) is 24.3 Å². The van der Waals surface area contributed by atoms with Gasteiger partial charge in [0.25, 0.3) is 5.91 Å². The summed E-state index contributed by atoms with van der Waals surface area (Å²) in [4.78, 5) is 12.4. The van der Waals surface area contributed by atoms with E-state index in [1.165, 1.54) is 21.3 Å². The second-order valence-corrected chi connectivity index (χ2v) is 5.13. The Morgan fingerprint density at radius 2 is 1.78 bits per heavy atom. The molecule has 0 saturated heterocycles. The lowest BCUT2D eigenvalue weighted by atomic mass is 10.1. The first-order valence-electron chi connectivity index (χ1n) is 6.92. The van der Waals surface area contributed by atoms with Crippen LogP contribution < -0.4 is 19.5 Å². The van der Waals surface area contributed by atoms with Crippen molar-refractivity contribution in [1.82, 2.24) is 5.32 Å². The van der Waals surface area contributed by atoms with Gasteiger partial charge in [-0.1, -0.05) is 23.7 Å². The number of hydrogen-bond donors (Lipinski definition) is 1. The Balaban J connectivity index is 2.22. The molecule has 2 rings (SSSR count). The molecule has 0 aliphatic heterocycles. The van der Waals surface area contributed by atoms with Gasteiger partial charge in [0.15, 0.2) is 11.5 Å². The van der Waals surface area contributed by atoms with Gasteiger partial charge in [0.2, 0.25) is 5.75 Å². The first-order chi connectivity index (χ1) is 11.1. The minimum absolute atomic E-state index is 0.275. The molecule has 0 radical (unpaired) electrons. The summed E-state index contributed by atoms with van der Waals surface area (Å²) < 4.78 is 15.8. The zero-order chi connectivity index (χ0) is 16.8. The molecule has 122 valence electrons. The highest BCUT2D eigenvalue weighted by Gasteiger charge is 2.20. The number of rotatable bonds is 6. The lowest BCUT2D eigenvalue weighted by Crippen LogP contribution is -2.23. The Bertz CT molecular complexity index is 703. The Labute approximate surface area is 140 Å². The van der Waals surface area contributed by atoms with Gasteiger partial charge in [-0.15, -0.1) is 0 Å². The fourth-order valence-corrected chi connectivity index (χ4v) is 2.42.